The summed E-state index contributed by atoms with van der Waals surface area (Å²) >= 11 is 0. The second-order valence-electron chi connectivity index (χ2n) is 7.93. The third-order valence-electron chi connectivity index (χ3n) is 5.14. The normalized spacial score (nSPS) is 48.6. The lowest BCUT2D eigenvalue weighted by atomic mass is 10.0. The van der Waals surface area contributed by atoms with Crippen molar-refractivity contribution in [2.24, 2.45) is 0 Å². The Morgan fingerprint density at radius 2 is 1.46 bits per heavy atom. The molecule has 0 unspecified atom stereocenters. The molecule has 138 valence electrons. The first-order chi connectivity index (χ1) is 11.3. The minimum atomic E-state index is -0.602. The molecular formula is C17H28O7. The molecule has 4 heterocycles. The summed E-state index contributed by atoms with van der Waals surface area (Å²) in [4.78, 5) is 0. The summed E-state index contributed by atoms with van der Waals surface area (Å²) in [5.74, 6) is -1.13. The number of ether oxygens (including phenoxy) is 7. The monoisotopic (exact) mass is 344 g/mol. The number of fused-ring (bicyclic) bond motifs is 2. The highest BCUT2D eigenvalue weighted by atomic mass is 16.8. The molecule has 4 rings (SSSR count). The predicted octanol–water partition coefficient (Wildman–Crippen LogP) is 1.58. The Kier molecular flexibility index (Phi) is 4.20. The van der Waals surface area contributed by atoms with E-state index in [1.165, 1.54) is 0 Å². The van der Waals surface area contributed by atoms with Gasteiger partial charge in [-0.1, -0.05) is 0 Å². The molecule has 0 radical (unpaired) electrons. The zero-order valence-corrected chi connectivity index (χ0v) is 15.0. The molecule has 0 aromatic rings. The molecule has 0 aromatic heterocycles. The Hall–Kier alpha value is -0.280. The maximum atomic E-state index is 6.03. The Bertz CT molecular complexity index is 480. The minimum Gasteiger partial charge on any atom is -0.373 e. The third-order valence-corrected chi connectivity index (χ3v) is 5.14. The van der Waals surface area contributed by atoms with Crippen molar-refractivity contribution in [1.82, 2.24) is 0 Å². The van der Waals surface area contributed by atoms with E-state index in [0.717, 1.165) is 12.8 Å². The highest BCUT2D eigenvalue weighted by Gasteiger charge is 2.56. The van der Waals surface area contributed by atoms with Gasteiger partial charge in [0.2, 0.25) is 0 Å². The SMILES string of the molecule is CO[C@@H]1O[C@H](CC[C@H]2OC[C@H]3OC(C)(C)O[C@@H]23)[C@H]2OC(C)(C)O[C@@H]12. The van der Waals surface area contributed by atoms with Gasteiger partial charge in [0.1, 0.15) is 24.4 Å². The number of hydrogen-bond acceptors (Lipinski definition) is 7. The van der Waals surface area contributed by atoms with Crippen molar-refractivity contribution in [2.45, 2.75) is 95.0 Å². The standard InChI is InChI=1S/C17H28O7/c1-16(2)21-11-8-19-9(12(11)22-16)6-7-10-13-14(15(18-5)20-10)24-17(3,4)23-13/h9-15H,6-8H2,1-5H3/t9-,10-,11-,12+,13-,14-,15-/m1/s1. The quantitative estimate of drug-likeness (QED) is 0.767. The van der Waals surface area contributed by atoms with Crippen molar-refractivity contribution >= 4 is 0 Å². The maximum absolute atomic E-state index is 6.03. The summed E-state index contributed by atoms with van der Waals surface area (Å²) in [5.41, 5.74) is 0. The summed E-state index contributed by atoms with van der Waals surface area (Å²) in [5, 5.41) is 0. The van der Waals surface area contributed by atoms with Crippen LogP contribution in [0, 0.1) is 0 Å². The van der Waals surface area contributed by atoms with Crippen LogP contribution in [0.4, 0.5) is 0 Å². The van der Waals surface area contributed by atoms with E-state index in [1.54, 1.807) is 7.11 Å². The van der Waals surface area contributed by atoms with Gasteiger partial charge in [-0.25, -0.2) is 0 Å². The van der Waals surface area contributed by atoms with E-state index in [1.807, 2.05) is 27.7 Å². The molecule has 0 aliphatic carbocycles. The number of rotatable bonds is 4. The van der Waals surface area contributed by atoms with Crippen molar-refractivity contribution < 1.29 is 33.2 Å². The molecule has 0 spiro atoms. The second kappa shape index (κ2) is 5.87. The zero-order chi connectivity index (χ0) is 17.1. The van der Waals surface area contributed by atoms with E-state index in [0.29, 0.717) is 6.61 Å². The van der Waals surface area contributed by atoms with E-state index >= 15 is 0 Å². The van der Waals surface area contributed by atoms with Crippen molar-refractivity contribution in [3.05, 3.63) is 0 Å². The molecule has 0 bridgehead atoms. The van der Waals surface area contributed by atoms with Crippen LogP contribution in [0.2, 0.25) is 0 Å². The number of methoxy groups -OCH3 is 1. The van der Waals surface area contributed by atoms with Crippen LogP contribution in [-0.2, 0) is 33.2 Å². The average molecular weight is 344 g/mol. The second-order valence-corrected chi connectivity index (χ2v) is 7.93. The van der Waals surface area contributed by atoms with Gasteiger partial charge in [-0.2, -0.15) is 0 Å². The summed E-state index contributed by atoms with van der Waals surface area (Å²) in [7, 11) is 1.63. The van der Waals surface area contributed by atoms with Crippen LogP contribution in [0.15, 0.2) is 0 Å². The van der Waals surface area contributed by atoms with Gasteiger partial charge in [-0.05, 0) is 40.5 Å². The molecule has 4 aliphatic heterocycles. The topological polar surface area (TPSA) is 64.6 Å². The zero-order valence-electron chi connectivity index (χ0n) is 15.0. The molecule has 4 aliphatic rings. The van der Waals surface area contributed by atoms with Crippen LogP contribution in [-0.4, -0.2) is 68.2 Å². The Morgan fingerprint density at radius 3 is 2.21 bits per heavy atom. The van der Waals surface area contributed by atoms with Crippen LogP contribution in [0.25, 0.3) is 0 Å². The molecule has 24 heavy (non-hydrogen) atoms. The first-order valence-electron chi connectivity index (χ1n) is 8.79. The first kappa shape index (κ1) is 17.1. The first-order valence-corrected chi connectivity index (χ1v) is 8.79. The fourth-order valence-electron chi connectivity index (χ4n) is 4.26. The molecule has 4 saturated heterocycles. The molecule has 0 amide bonds. The van der Waals surface area contributed by atoms with E-state index in [-0.39, 0.29) is 42.9 Å². The largest absolute Gasteiger partial charge is 0.373 e. The van der Waals surface area contributed by atoms with Gasteiger partial charge in [-0.3, -0.25) is 0 Å². The predicted molar refractivity (Wildman–Crippen MR) is 82.3 cm³/mol. The lowest BCUT2D eigenvalue weighted by molar-refractivity contribution is -0.228. The summed E-state index contributed by atoms with van der Waals surface area (Å²) in [6.07, 6.45) is 0.926. The van der Waals surface area contributed by atoms with Crippen LogP contribution < -0.4 is 0 Å². The van der Waals surface area contributed by atoms with Crippen LogP contribution in [0.5, 0.6) is 0 Å². The molecular weight excluding hydrogens is 316 g/mol. The van der Waals surface area contributed by atoms with Gasteiger partial charge in [0.25, 0.3) is 0 Å². The fraction of sp³-hybridized carbons (Fsp3) is 1.00. The van der Waals surface area contributed by atoms with Crippen LogP contribution in [0.3, 0.4) is 0 Å². The van der Waals surface area contributed by atoms with E-state index < -0.39 is 11.6 Å². The lowest BCUT2D eigenvalue weighted by Crippen LogP contribution is -2.33. The van der Waals surface area contributed by atoms with Crippen molar-refractivity contribution in [1.29, 1.82) is 0 Å². The molecule has 7 nitrogen and oxygen atoms in total. The van der Waals surface area contributed by atoms with Crippen molar-refractivity contribution in [3.63, 3.8) is 0 Å². The molecule has 0 saturated carbocycles. The van der Waals surface area contributed by atoms with Gasteiger partial charge < -0.3 is 33.2 Å². The van der Waals surface area contributed by atoms with Crippen LogP contribution >= 0.6 is 0 Å². The van der Waals surface area contributed by atoms with E-state index in [4.69, 9.17) is 33.2 Å². The highest BCUT2D eigenvalue weighted by molar-refractivity contribution is 4.97. The summed E-state index contributed by atoms with van der Waals surface area (Å²) in [6.45, 7) is 8.32. The van der Waals surface area contributed by atoms with Crippen molar-refractivity contribution in [3.8, 4) is 0 Å². The Balaban J connectivity index is 1.36. The highest BCUT2D eigenvalue weighted by Crippen LogP contribution is 2.42. The van der Waals surface area contributed by atoms with Gasteiger partial charge in [0.05, 0.1) is 18.8 Å². The van der Waals surface area contributed by atoms with Gasteiger partial charge >= 0.3 is 0 Å². The van der Waals surface area contributed by atoms with Gasteiger partial charge in [-0.15, -0.1) is 0 Å². The van der Waals surface area contributed by atoms with Gasteiger partial charge in [0.15, 0.2) is 17.9 Å². The molecule has 4 fully saturated rings. The maximum Gasteiger partial charge on any atom is 0.186 e. The molecule has 7 atom stereocenters. The van der Waals surface area contributed by atoms with Gasteiger partial charge in [0, 0.05) is 7.11 Å². The lowest BCUT2D eigenvalue weighted by Gasteiger charge is -2.25. The number of hydrogen-bond donors (Lipinski definition) is 0. The van der Waals surface area contributed by atoms with Crippen molar-refractivity contribution in [2.75, 3.05) is 13.7 Å². The van der Waals surface area contributed by atoms with E-state index in [2.05, 4.69) is 0 Å². The molecule has 7 heteroatoms. The Labute approximate surface area is 142 Å². The van der Waals surface area contributed by atoms with E-state index in [9.17, 15) is 0 Å². The summed E-state index contributed by atoms with van der Waals surface area (Å²) < 4.78 is 41.1. The summed E-state index contributed by atoms with van der Waals surface area (Å²) in [6, 6.07) is 0. The van der Waals surface area contributed by atoms with Crippen LogP contribution in [0.1, 0.15) is 40.5 Å². The molecule has 0 aromatic carbocycles. The average Bonchev–Trinajstić information content (AvgIpc) is 3.15. The fourth-order valence-corrected chi connectivity index (χ4v) is 4.26. The molecule has 0 N–H and O–H groups in total. The smallest absolute Gasteiger partial charge is 0.186 e. The third kappa shape index (κ3) is 3.00. The minimum absolute atomic E-state index is 0.00684. The Morgan fingerprint density at radius 1 is 0.833 bits per heavy atom.